The molecule has 1 saturated heterocycles. The van der Waals surface area contributed by atoms with Crippen molar-refractivity contribution >= 4 is 27.5 Å². The lowest BCUT2D eigenvalue weighted by Crippen LogP contribution is -2.42. The van der Waals surface area contributed by atoms with E-state index in [-0.39, 0.29) is 18.0 Å². The molecule has 1 N–H and O–H groups in total. The summed E-state index contributed by atoms with van der Waals surface area (Å²) in [5.74, 6) is 0.0827. The van der Waals surface area contributed by atoms with Crippen LogP contribution in [0.4, 0.5) is 0 Å². The third kappa shape index (κ3) is 4.20. The van der Waals surface area contributed by atoms with Crippen LogP contribution in [0.5, 0.6) is 0 Å². The number of likely N-dealkylation sites (tertiary alicyclic amines) is 1. The summed E-state index contributed by atoms with van der Waals surface area (Å²) in [6, 6.07) is 18.6. The molecule has 2 atom stereocenters. The molecule has 1 aromatic heterocycles. The van der Waals surface area contributed by atoms with Crippen molar-refractivity contribution in [2.24, 2.45) is 0 Å². The second-order valence-corrected chi connectivity index (χ2v) is 8.26. The van der Waals surface area contributed by atoms with Gasteiger partial charge >= 0.3 is 0 Å². The number of benzene rings is 2. The predicted octanol–water partition coefficient (Wildman–Crippen LogP) is 4.70. The molecule has 0 saturated carbocycles. The molecule has 5 heteroatoms. The molecule has 1 aliphatic heterocycles. The Morgan fingerprint density at radius 1 is 1.19 bits per heavy atom. The average molecular weight is 380 g/mol. The summed E-state index contributed by atoms with van der Waals surface area (Å²) in [7, 11) is 0. The number of carbonyl (C=O) groups excluding carboxylic acids is 1. The molecule has 1 amide bonds. The van der Waals surface area contributed by atoms with Gasteiger partial charge in [0.05, 0.1) is 28.8 Å². The number of hydrogen-bond acceptors (Lipinski definition) is 4. The summed E-state index contributed by atoms with van der Waals surface area (Å²) in [5.41, 5.74) is 2.19. The normalized spacial score (nSPS) is 19.1. The number of hydrogen-bond donors (Lipinski definition) is 1. The van der Waals surface area contributed by atoms with E-state index in [4.69, 9.17) is 4.98 Å². The van der Waals surface area contributed by atoms with Gasteiger partial charge in [0.2, 0.25) is 5.91 Å². The SMILES string of the molecule is C[C@H](NC(=O)CN1CCCC[C@@H]1c1nc2ccccc2s1)c1ccccc1. The first-order valence-electron chi connectivity index (χ1n) is 9.64. The zero-order valence-corrected chi connectivity index (χ0v) is 16.4. The lowest BCUT2D eigenvalue weighted by atomic mass is 10.0. The standard InChI is InChI=1S/C22H25N3OS/c1-16(17-9-3-2-4-10-17)23-21(26)15-25-14-8-7-12-19(25)22-24-18-11-5-6-13-20(18)27-22/h2-6,9-11,13,16,19H,7-8,12,14-15H2,1H3,(H,23,26)/t16-,19+/m0/s1. The fourth-order valence-electron chi connectivity index (χ4n) is 3.79. The molecule has 3 aromatic rings. The minimum Gasteiger partial charge on any atom is -0.348 e. The number of thiazole rings is 1. The minimum absolute atomic E-state index is 0.0180. The van der Waals surface area contributed by atoms with Crippen molar-refractivity contribution in [3.63, 3.8) is 0 Å². The van der Waals surface area contributed by atoms with E-state index in [1.165, 1.54) is 11.1 Å². The molecule has 1 aliphatic rings. The van der Waals surface area contributed by atoms with Crippen LogP contribution in [-0.4, -0.2) is 28.9 Å². The van der Waals surface area contributed by atoms with Crippen molar-refractivity contribution in [3.8, 4) is 0 Å². The van der Waals surface area contributed by atoms with Crippen molar-refractivity contribution in [1.29, 1.82) is 0 Å². The maximum atomic E-state index is 12.7. The van der Waals surface area contributed by atoms with Gasteiger partial charge in [-0.1, -0.05) is 48.9 Å². The van der Waals surface area contributed by atoms with Crippen LogP contribution in [0.1, 0.15) is 48.8 Å². The number of piperidine rings is 1. The maximum absolute atomic E-state index is 12.7. The molecule has 4 nitrogen and oxygen atoms in total. The van der Waals surface area contributed by atoms with Crippen LogP contribution in [0.15, 0.2) is 54.6 Å². The van der Waals surface area contributed by atoms with Gasteiger partial charge in [-0.3, -0.25) is 9.69 Å². The molecule has 4 rings (SSSR count). The Kier molecular flexibility index (Phi) is 5.50. The number of fused-ring (bicyclic) bond motifs is 1. The van der Waals surface area contributed by atoms with Crippen molar-refractivity contribution in [2.75, 3.05) is 13.1 Å². The van der Waals surface area contributed by atoms with Gasteiger partial charge in [-0.15, -0.1) is 11.3 Å². The fourth-order valence-corrected chi connectivity index (χ4v) is 4.93. The highest BCUT2D eigenvalue weighted by Crippen LogP contribution is 2.35. The van der Waals surface area contributed by atoms with Gasteiger partial charge in [-0.2, -0.15) is 0 Å². The largest absolute Gasteiger partial charge is 0.348 e. The fraction of sp³-hybridized carbons (Fsp3) is 0.364. The number of nitrogens with one attached hydrogen (secondary N) is 1. The van der Waals surface area contributed by atoms with E-state index >= 15 is 0 Å². The van der Waals surface area contributed by atoms with E-state index in [0.717, 1.165) is 35.5 Å². The molecular formula is C22H25N3OS. The van der Waals surface area contributed by atoms with Gasteiger partial charge in [0.25, 0.3) is 0 Å². The van der Waals surface area contributed by atoms with Gasteiger partial charge in [0, 0.05) is 0 Å². The van der Waals surface area contributed by atoms with E-state index < -0.39 is 0 Å². The van der Waals surface area contributed by atoms with E-state index in [0.29, 0.717) is 6.54 Å². The summed E-state index contributed by atoms with van der Waals surface area (Å²) < 4.78 is 1.22. The summed E-state index contributed by atoms with van der Waals surface area (Å²) in [5, 5.41) is 4.28. The molecule has 140 valence electrons. The smallest absolute Gasteiger partial charge is 0.234 e. The van der Waals surface area contributed by atoms with Crippen molar-refractivity contribution in [1.82, 2.24) is 15.2 Å². The van der Waals surface area contributed by atoms with Crippen molar-refractivity contribution in [3.05, 3.63) is 65.2 Å². The summed E-state index contributed by atoms with van der Waals surface area (Å²) in [4.78, 5) is 19.8. The second-order valence-electron chi connectivity index (χ2n) is 7.20. The molecule has 0 aliphatic carbocycles. The maximum Gasteiger partial charge on any atom is 0.234 e. The number of aromatic nitrogens is 1. The van der Waals surface area contributed by atoms with Gasteiger partial charge in [-0.05, 0) is 44.0 Å². The van der Waals surface area contributed by atoms with Crippen LogP contribution in [0.25, 0.3) is 10.2 Å². The predicted molar refractivity (Wildman–Crippen MR) is 111 cm³/mol. The minimum atomic E-state index is 0.0180. The highest BCUT2D eigenvalue weighted by Gasteiger charge is 2.28. The zero-order valence-electron chi connectivity index (χ0n) is 15.6. The third-order valence-electron chi connectivity index (χ3n) is 5.23. The van der Waals surface area contributed by atoms with E-state index in [9.17, 15) is 4.79 Å². The van der Waals surface area contributed by atoms with Crippen LogP contribution in [-0.2, 0) is 4.79 Å². The molecule has 2 heterocycles. The van der Waals surface area contributed by atoms with Crippen molar-refractivity contribution < 1.29 is 4.79 Å². The lowest BCUT2D eigenvalue weighted by molar-refractivity contribution is -0.123. The lowest BCUT2D eigenvalue weighted by Gasteiger charge is -2.34. The Morgan fingerprint density at radius 2 is 1.96 bits per heavy atom. The number of rotatable bonds is 5. The average Bonchev–Trinajstić information content (AvgIpc) is 3.13. The summed E-state index contributed by atoms with van der Waals surface area (Å²) in [6.07, 6.45) is 3.41. The molecule has 0 spiro atoms. The Labute approximate surface area is 164 Å². The topological polar surface area (TPSA) is 45.2 Å². The van der Waals surface area contributed by atoms with E-state index in [1.54, 1.807) is 11.3 Å². The first-order chi connectivity index (χ1) is 13.2. The van der Waals surface area contributed by atoms with Gasteiger partial charge in [0.1, 0.15) is 5.01 Å². The Balaban J connectivity index is 1.45. The number of amides is 1. The monoisotopic (exact) mass is 379 g/mol. The number of carbonyl (C=O) groups is 1. The highest BCUT2D eigenvalue weighted by molar-refractivity contribution is 7.18. The van der Waals surface area contributed by atoms with Crippen LogP contribution < -0.4 is 5.32 Å². The van der Waals surface area contributed by atoms with Crippen LogP contribution in [0.2, 0.25) is 0 Å². The summed E-state index contributed by atoms with van der Waals surface area (Å²) in [6.45, 7) is 3.42. The molecule has 1 fully saturated rings. The molecular weight excluding hydrogens is 354 g/mol. The van der Waals surface area contributed by atoms with Gasteiger partial charge in [0.15, 0.2) is 0 Å². The first-order valence-corrected chi connectivity index (χ1v) is 10.5. The Bertz CT molecular complexity index is 875. The molecule has 0 unspecified atom stereocenters. The first kappa shape index (κ1) is 18.1. The quantitative estimate of drug-likeness (QED) is 0.699. The van der Waals surface area contributed by atoms with Gasteiger partial charge in [-0.25, -0.2) is 4.98 Å². The van der Waals surface area contributed by atoms with Gasteiger partial charge < -0.3 is 5.32 Å². The van der Waals surface area contributed by atoms with E-state index in [1.807, 2.05) is 31.2 Å². The summed E-state index contributed by atoms with van der Waals surface area (Å²) >= 11 is 1.76. The number of nitrogens with zero attached hydrogens (tertiary/aromatic N) is 2. The third-order valence-corrected chi connectivity index (χ3v) is 6.37. The Hall–Kier alpha value is -2.24. The Morgan fingerprint density at radius 3 is 2.78 bits per heavy atom. The molecule has 0 radical (unpaired) electrons. The molecule has 2 aromatic carbocycles. The van der Waals surface area contributed by atoms with Crippen LogP contribution in [0, 0.1) is 0 Å². The zero-order chi connectivity index (χ0) is 18.6. The van der Waals surface area contributed by atoms with Crippen molar-refractivity contribution in [2.45, 2.75) is 38.3 Å². The molecule has 27 heavy (non-hydrogen) atoms. The highest BCUT2D eigenvalue weighted by atomic mass is 32.1. The van der Waals surface area contributed by atoms with Crippen LogP contribution in [0.3, 0.4) is 0 Å². The number of para-hydroxylation sites is 1. The molecule has 0 bridgehead atoms. The second kappa shape index (κ2) is 8.19. The van der Waals surface area contributed by atoms with Crippen LogP contribution >= 0.6 is 11.3 Å². The van der Waals surface area contributed by atoms with E-state index in [2.05, 4.69) is 40.5 Å².